The minimum absolute atomic E-state index is 0.0105. The number of hydrogen-bond acceptors (Lipinski definition) is 5. The van der Waals surface area contributed by atoms with Gasteiger partial charge in [0.25, 0.3) is 5.91 Å². The van der Waals surface area contributed by atoms with Gasteiger partial charge in [0.15, 0.2) is 11.4 Å². The summed E-state index contributed by atoms with van der Waals surface area (Å²) in [4.78, 5) is 17.8. The summed E-state index contributed by atoms with van der Waals surface area (Å²) in [7, 11) is 3.36. The second kappa shape index (κ2) is 9.12. The standard InChI is InChI=1S/C24H19Cl2F2N3O3/c1-11(18-19(25)16(27)8-17(28)20(18)26)34-22-21-14(9-30-23(22)29)15(10-33-21)12-4-6-13(7-5-12)24(32)31(2)3/h4-11H,1-3H3,(H2,29,30)/t11-/m1/s1. The number of carbonyl (C=O) groups is 1. The van der Waals surface area contributed by atoms with Gasteiger partial charge in [-0.2, -0.15) is 0 Å². The first-order chi connectivity index (χ1) is 16.1. The molecule has 0 saturated carbocycles. The Bertz CT molecular complexity index is 1380. The summed E-state index contributed by atoms with van der Waals surface area (Å²) in [5.74, 6) is -1.96. The Hall–Kier alpha value is -3.36. The van der Waals surface area contributed by atoms with Gasteiger partial charge in [0.2, 0.25) is 5.75 Å². The number of nitrogen functional groups attached to an aromatic ring is 1. The van der Waals surface area contributed by atoms with Crippen LogP contribution in [0.15, 0.2) is 47.2 Å². The highest BCUT2D eigenvalue weighted by molar-refractivity contribution is 6.36. The Morgan fingerprint density at radius 1 is 1.15 bits per heavy atom. The highest BCUT2D eigenvalue weighted by Gasteiger charge is 2.25. The minimum Gasteiger partial charge on any atom is -0.478 e. The Morgan fingerprint density at radius 2 is 1.76 bits per heavy atom. The first-order valence-corrected chi connectivity index (χ1v) is 10.8. The van der Waals surface area contributed by atoms with Crippen LogP contribution in [0.2, 0.25) is 10.0 Å². The van der Waals surface area contributed by atoms with Crippen molar-refractivity contribution in [3.8, 4) is 16.9 Å². The molecule has 0 aliphatic rings. The number of fused-ring (bicyclic) bond motifs is 1. The molecule has 0 spiro atoms. The maximum atomic E-state index is 14.0. The maximum absolute atomic E-state index is 14.0. The summed E-state index contributed by atoms with van der Waals surface area (Å²) in [5.41, 5.74) is 8.25. The van der Waals surface area contributed by atoms with Gasteiger partial charge < -0.3 is 19.8 Å². The van der Waals surface area contributed by atoms with E-state index >= 15 is 0 Å². The molecule has 6 nitrogen and oxygen atoms in total. The lowest BCUT2D eigenvalue weighted by Crippen LogP contribution is -2.21. The minimum atomic E-state index is -0.982. The van der Waals surface area contributed by atoms with E-state index in [1.165, 1.54) is 24.3 Å². The Balaban J connectivity index is 1.73. The van der Waals surface area contributed by atoms with Crippen LogP contribution in [-0.4, -0.2) is 29.9 Å². The van der Waals surface area contributed by atoms with E-state index in [-0.39, 0.29) is 38.7 Å². The predicted molar refractivity (Wildman–Crippen MR) is 127 cm³/mol. The van der Waals surface area contributed by atoms with Crippen molar-refractivity contribution in [1.29, 1.82) is 0 Å². The molecule has 0 unspecified atom stereocenters. The normalized spacial score (nSPS) is 12.1. The van der Waals surface area contributed by atoms with E-state index in [1.54, 1.807) is 38.4 Å². The number of hydrogen-bond donors (Lipinski definition) is 1. The van der Waals surface area contributed by atoms with Gasteiger partial charge in [0, 0.05) is 43.0 Å². The molecule has 34 heavy (non-hydrogen) atoms. The van der Waals surface area contributed by atoms with E-state index in [0.29, 0.717) is 22.6 Å². The smallest absolute Gasteiger partial charge is 0.253 e. The molecule has 1 atom stereocenters. The largest absolute Gasteiger partial charge is 0.478 e. The van der Waals surface area contributed by atoms with E-state index in [4.69, 9.17) is 38.1 Å². The molecule has 2 aromatic heterocycles. The number of amides is 1. The molecule has 0 aliphatic carbocycles. The van der Waals surface area contributed by atoms with Crippen LogP contribution in [0.4, 0.5) is 14.6 Å². The van der Waals surface area contributed by atoms with Gasteiger partial charge >= 0.3 is 0 Å². The van der Waals surface area contributed by atoms with Crippen LogP contribution in [0, 0.1) is 11.6 Å². The van der Waals surface area contributed by atoms with Crippen LogP contribution in [-0.2, 0) is 0 Å². The molecule has 4 rings (SSSR count). The third kappa shape index (κ3) is 4.15. The molecule has 0 bridgehead atoms. The number of nitrogens with zero attached hydrogens (tertiary/aromatic N) is 2. The highest BCUT2D eigenvalue weighted by Crippen LogP contribution is 2.42. The summed E-state index contributed by atoms with van der Waals surface area (Å²) in [6, 6.07) is 7.60. The fourth-order valence-electron chi connectivity index (χ4n) is 3.55. The zero-order valence-corrected chi connectivity index (χ0v) is 19.8. The number of pyridine rings is 1. The molecule has 4 aromatic rings. The first kappa shape index (κ1) is 23.8. The Labute approximate surface area is 203 Å². The van der Waals surface area contributed by atoms with Gasteiger partial charge in [-0.3, -0.25) is 4.79 Å². The average molecular weight is 506 g/mol. The van der Waals surface area contributed by atoms with Crippen LogP contribution in [0.3, 0.4) is 0 Å². The number of aromatic nitrogens is 1. The van der Waals surface area contributed by atoms with Gasteiger partial charge in [-0.1, -0.05) is 35.3 Å². The van der Waals surface area contributed by atoms with E-state index in [1.807, 2.05) is 0 Å². The molecule has 0 fully saturated rings. The lowest BCUT2D eigenvalue weighted by Gasteiger charge is -2.19. The Kier molecular flexibility index (Phi) is 6.38. The summed E-state index contributed by atoms with van der Waals surface area (Å²) in [6.45, 7) is 1.52. The molecule has 1 amide bonds. The number of nitrogens with two attached hydrogens (primary N) is 1. The van der Waals surface area contributed by atoms with Crippen molar-refractivity contribution in [1.82, 2.24) is 9.88 Å². The van der Waals surface area contributed by atoms with Crippen molar-refractivity contribution in [2.75, 3.05) is 19.8 Å². The topological polar surface area (TPSA) is 81.6 Å². The fraction of sp³-hybridized carbons (Fsp3) is 0.167. The molecule has 2 aromatic carbocycles. The monoisotopic (exact) mass is 505 g/mol. The summed E-state index contributed by atoms with van der Waals surface area (Å²) < 4.78 is 39.6. The van der Waals surface area contributed by atoms with Crippen LogP contribution >= 0.6 is 23.2 Å². The van der Waals surface area contributed by atoms with Crippen LogP contribution < -0.4 is 10.5 Å². The Morgan fingerprint density at radius 3 is 2.35 bits per heavy atom. The molecule has 0 aliphatic heterocycles. The SMILES string of the molecule is C[C@@H](Oc1c(N)ncc2c(-c3ccc(C(=O)N(C)C)cc3)coc12)c1c(Cl)c(F)cc(F)c1Cl. The van der Waals surface area contributed by atoms with Crippen molar-refractivity contribution >= 4 is 45.9 Å². The maximum Gasteiger partial charge on any atom is 0.253 e. The summed E-state index contributed by atoms with van der Waals surface area (Å²) >= 11 is 12.0. The van der Waals surface area contributed by atoms with Crippen molar-refractivity contribution in [3.63, 3.8) is 0 Å². The molecule has 176 valence electrons. The van der Waals surface area contributed by atoms with Crippen molar-refractivity contribution in [2.24, 2.45) is 0 Å². The van der Waals surface area contributed by atoms with Gasteiger partial charge in [-0.05, 0) is 24.6 Å². The average Bonchev–Trinajstić information content (AvgIpc) is 3.23. The van der Waals surface area contributed by atoms with E-state index in [2.05, 4.69) is 4.98 Å². The third-order valence-corrected chi connectivity index (χ3v) is 6.07. The fourth-order valence-corrected chi connectivity index (χ4v) is 4.21. The molecule has 2 heterocycles. The van der Waals surface area contributed by atoms with Gasteiger partial charge in [-0.25, -0.2) is 13.8 Å². The van der Waals surface area contributed by atoms with Gasteiger partial charge in [0.05, 0.1) is 21.7 Å². The van der Waals surface area contributed by atoms with Gasteiger partial charge in [0.1, 0.15) is 17.7 Å². The van der Waals surface area contributed by atoms with E-state index in [0.717, 1.165) is 5.56 Å². The number of rotatable bonds is 5. The predicted octanol–water partition coefficient (Wildman–Crippen LogP) is 6.50. The van der Waals surface area contributed by atoms with Crippen LogP contribution in [0.1, 0.15) is 28.9 Å². The van der Waals surface area contributed by atoms with Crippen LogP contribution in [0.5, 0.6) is 5.75 Å². The molecule has 10 heteroatoms. The third-order valence-electron chi connectivity index (χ3n) is 5.30. The lowest BCUT2D eigenvalue weighted by molar-refractivity contribution is 0.0827. The van der Waals surface area contributed by atoms with E-state index < -0.39 is 17.7 Å². The quantitative estimate of drug-likeness (QED) is 0.313. The zero-order chi connectivity index (χ0) is 24.7. The second-order valence-corrected chi connectivity index (χ2v) is 8.54. The number of anilines is 1. The summed E-state index contributed by atoms with van der Waals surface area (Å²) in [6.07, 6.45) is 2.06. The lowest BCUT2D eigenvalue weighted by atomic mass is 10.0. The van der Waals surface area contributed by atoms with Crippen LogP contribution in [0.25, 0.3) is 22.1 Å². The number of benzene rings is 2. The first-order valence-electron chi connectivity index (χ1n) is 10.1. The van der Waals surface area contributed by atoms with Crippen molar-refractivity contribution in [2.45, 2.75) is 13.0 Å². The molecular weight excluding hydrogens is 487 g/mol. The highest BCUT2D eigenvalue weighted by atomic mass is 35.5. The second-order valence-electron chi connectivity index (χ2n) is 7.78. The number of carbonyl (C=O) groups excluding carboxylic acids is 1. The molecule has 2 N–H and O–H groups in total. The van der Waals surface area contributed by atoms with Crippen molar-refractivity contribution in [3.05, 3.63) is 75.6 Å². The number of furan rings is 1. The molecule has 0 saturated heterocycles. The van der Waals surface area contributed by atoms with Crippen molar-refractivity contribution < 1.29 is 22.7 Å². The summed E-state index contributed by atoms with van der Waals surface area (Å²) in [5, 5.41) is -0.124. The van der Waals surface area contributed by atoms with E-state index in [9.17, 15) is 13.6 Å². The molecular formula is C24H19Cl2F2N3O3. The zero-order valence-electron chi connectivity index (χ0n) is 18.3. The number of halogens is 4. The molecule has 0 radical (unpaired) electrons. The van der Waals surface area contributed by atoms with Gasteiger partial charge in [-0.15, -0.1) is 0 Å². The number of ether oxygens (including phenoxy) is 1.